The molecule has 0 radical (unpaired) electrons. The number of hydrogen-bond acceptors (Lipinski definition) is 5. The summed E-state index contributed by atoms with van der Waals surface area (Å²) in [5, 5.41) is 3.40. The summed E-state index contributed by atoms with van der Waals surface area (Å²) in [5.74, 6) is 0. The Balaban J connectivity index is 3.45. The fraction of sp³-hybridized carbons (Fsp3) is 1.00. The molecule has 0 spiro atoms. The van der Waals surface area contributed by atoms with Crippen molar-refractivity contribution >= 4 is 0 Å². The van der Waals surface area contributed by atoms with Gasteiger partial charge in [0.1, 0.15) is 0 Å². The predicted molar refractivity (Wildman–Crippen MR) is 69.6 cm³/mol. The van der Waals surface area contributed by atoms with Gasteiger partial charge in [-0.2, -0.15) is 0 Å². The first-order valence-corrected chi connectivity index (χ1v) is 6.25. The molecule has 104 valence electrons. The van der Waals surface area contributed by atoms with E-state index in [0.717, 1.165) is 59.0 Å². The minimum atomic E-state index is 0.771. The summed E-state index contributed by atoms with van der Waals surface area (Å²) in [7, 11) is 5.20. The normalized spacial score (nSPS) is 11.3. The molecule has 0 heterocycles. The Bertz CT molecular complexity index is 140. The zero-order chi connectivity index (χ0) is 12.8. The van der Waals surface area contributed by atoms with E-state index in [9.17, 15) is 0 Å². The highest BCUT2D eigenvalue weighted by atomic mass is 16.5. The van der Waals surface area contributed by atoms with Gasteiger partial charge in [-0.1, -0.05) is 0 Å². The van der Waals surface area contributed by atoms with E-state index in [1.165, 1.54) is 0 Å². The van der Waals surface area contributed by atoms with Crippen LogP contribution in [0, 0.1) is 0 Å². The highest BCUT2D eigenvalue weighted by molar-refractivity contribution is 4.59. The fourth-order valence-electron chi connectivity index (χ4n) is 1.48. The zero-order valence-electron chi connectivity index (χ0n) is 11.5. The molecule has 0 aromatic rings. The van der Waals surface area contributed by atoms with Gasteiger partial charge in [0.15, 0.2) is 0 Å². The van der Waals surface area contributed by atoms with Gasteiger partial charge in [-0.25, -0.2) is 0 Å². The van der Waals surface area contributed by atoms with Crippen molar-refractivity contribution in [1.82, 2.24) is 10.2 Å². The summed E-state index contributed by atoms with van der Waals surface area (Å²) in [5.41, 5.74) is 0. The number of rotatable bonds is 13. The Kier molecular flexibility index (Phi) is 13.7. The van der Waals surface area contributed by atoms with Crippen LogP contribution in [0.1, 0.15) is 6.42 Å². The summed E-state index contributed by atoms with van der Waals surface area (Å²) >= 11 is 0. The maximum atomic E-state index is 5.09. The third kappa shape index (κ3) is 12.1. The first kappa shape index (κ1) is 16.8. The third-order valence-electron chi connectivity index (χ3n) is 2.53. The van der Waals surface area contributed by atoms with Gasteiger partial charge in [0.2, 0.25) is 0 Å². The van der Waals surface area contributed by atoms with Crippen LogP contribution in [0.3, 0.4) is 0 Å². The summed E-state index contributed by atoms with van der Waals surface area (Å²) in [6, 6.07) is 0. The predicted octanol–water partition coefficient (Wildman–Crippen LogP) is 0.207. The summed E-state index contributed by atoms with van der Waals surface area (Å²) in [6.45, 7) is 7.32. The van der Waals surface area contributed by atoms with Crippen LogP contribution in [0.15, 0.2) is 0 Å². The van der Waals surface area contributed by atoms with Crippen LogP contribution in [0.2, 0.25) is 0 Å². The second kappa shape index (κ2) is 13.9. The van der Waals surface area contributed by atoms with Crippen LogP contribution in [0.25, 0.3) is 0 Å². The highest BCUT2D eigenvalue weighted by Gasteiger charge is 2.03. The van der Waals surface area contributed by atoms with Crippen molar-refractivity contribution in [2.75, 3.05) is 73.9 Å². The monoisotopic (exact) mass is 248 g/mol. The minimum Gasteiger partial charge on any atom is -0.385 e. The van der Waals surface area contributed by atoms with Gasteiger partial charge in [-0.15, -0.1) is 0 Å². The zero-order valence-corrected chi connectivity index (χ0v) is 11.5. The number of ether oxygens (including phenoxy) is 3. The lowest BCUT2D eigenvalue weighted by Gasteiger charge is -2.21. The molecule has 0 atom stereocenters. The summed E-state index contributed by atoms with van der Waals surface area (Å²) in [6.07, 6.45) is 1.06. The lowest BCUT2D eigenvalue weighted by atomic mass is 10.4. The molecule has 0 unspecified atom stereocenters. The second-order valence-corrected chi connectivity index (χ2v) is 3.92. The number of hydrogen-bond donors (Lipinski definition) is 1. The topological polar surface area (TPSA) is 43.0 Å². The maximum absolute atomic E-state index is 5.09. The van der Waals surface area contributed by atoms with Crippen molar-refractivity contribution in [1.29, 1.82) is 0 Å². The van der Waals surface area contributed by atoms with Gasteiger partial charge in [-0.05, 0) is 13.0 Å². The van der Waals surface area contributed by atoms with Gasteiger partial charge < -0.3 is 19.5 Å². The van der Waals surface area contributed by atoms with Gasteiger partial charge in [0.25, 0.3) is 0 Å². The van der Waals surface area contributed by atoms with Crippen molar-refractivity contribution in [3.05, 3.63) is 0 Å². The van der Waals surface area contributed by atoms with Crippen molar-refractivity contribution in [3.63, 3.8) is 0 Å². The Morgan fingerprint density at radius 2 is 1.35 bits per heavy atom. The third-order valence-corrected chi connectivity index (χ3v) is 2.53. The Labute approximate surface area is 105 Å². The van der Waals surface area contributed by atoms with Crippen molar-refractivity contribution in [2.24, 2.45) is 0 Å². The molecule has 0 aliphatic rings. The quantitative estimate of drug-likeness (QED) is 0.472. The lowest BCUT2D eigenvalue weighted by Crippen LogP contribution is -2.36. The Morgan fingerprint density at radius 3 is 1.88 bits per heavy atom. The van der Waals surface area contributed by atoms with Crippen LogP contribution in [-0.2, 0) is 14.2 Å². The smallest absolute Gasteiger partial charge is 0.0589 e. The molecule has 0 rings (SSSR count). The first-order chi connectivity index (χ1) is 8.35. The molecule has 0 aromatic carbocycles. The molecule has 0 saturated heterocycles. The van der Waals surface area contributed by atoms with Crippen LogP contribution in [0.5, 0.6) is 0 Å². The Hall–Kier alpha value is -0.200. The van der Waals surface area contributed by atoms with E-state index in [1.807, 2.05) is 0 Å². The largest absolute Gasteiger partial charge is 0.385 e. The van der Waals surface area contributed by atoms with Crippen LogP contribution in [0.4, 0.5) is 0 Å². The molecule has 0 aliphatic heterocycles. The van der Waals surface area contributed by atoms with E-state index < -0.39 is 0 Å². The van der Waals surface area contributed by atoms with E-state index in [-0.39, 0.29) is 0 Å². The maximum Gasteiger partial charge on any atom is 0.0589 e. The highest BCUT2D eigenvalue weighted by Crippen LogP contribution is 1.88. The van der Waals surface area contributed by atoms with Gasteiger partial charge in [0.05, 0.1) is 13.2 Å². The molecular weight excluding hydrogens is 220 g/mol. The van der Waals surface area contributed by atoms with Gasteiger partial charge in [0, 0.05) is 54.1 Å². The molecule has 0 saturated carbocycles. The van der Waals surface area contributed by atoms with Crippen LogP contribution >= 0.6 is 0 Å². The number of nitrogens with one attached hydrogen (secondary N) is 1. The molecule has 0 amide bonds. The van der Waals surface area contributed by atoms with Crippen molar-refractivity contribution < 1.29 is 14.2 Å². The molecule has 1 N–H and O–H groups in total. The Morgan fingerprint density at radius 1 is 0.765 bits per heavy atom. The average Bonchev–Trinajstić information content (AvgIpc) is 2.35. The molecule has 5 heteroatoms. The fourth-order valence-corrected chi connectivity index (χ4v) is 1.48. The SMILES string of the molecule is COCCCNCCN(CCOC)CCOC. The molecular formula is C12H28N2O3. The number of methoxy groups -OCH3 is 3. The van der Waals surface area contributed by atoms with Crippen LogP contribution < -0.4 is 5.32 Å². The summed E-state index contributed by atoms with van der Waals surface area (Å²) in [4.78, 5) is 2.34. The van der Waals surface area contributed by atoms with Crippen molar-refractivity contribution in [3.8, 4) is 0 Å². The summed E-state index contributed by atoms with van der Waals surface area (Å²) < 4.78 is 15.2. The van der Waals surface area contributed by atoms with E-state index in [4.69, 9.17) is 14.2 Å². The van der Waals surface area contributed by atoms with E-state index in [2.05, 4.69) is 10.2 Å². The molecule has 0 bridgehead atoms. The van der Waals surface area contributed by atoms with Gasteiger partial charge >= 0.3 is 0 Å². The number of nitrogens with zero attached hydrogens (tertiary/aromatic N) is 1. The molecule has 5 nitrogen and oxygen atoms in total. The molecule has 0 aromatic heterocycles. The first-order valence-electron chi connectivity index (χ1n) is 6.25. The molecule has 17 heavy (non-hydrogen) atoms. The average molecular weight is 248 g/mol. The molecule has 0 fully saturated rings. The minimum absolute atomic E-state index is 0.771. The van der Waals surface area contributed by atoms with E-state index >= 15 is 0 Å². The van der Waals surface area contributed by atoms with Crippen LogP contribution in [-0.4, -0.2) is 78.8 Å². The lowest BCUT2D eigenvalue weighted by molar-refractivity contribution is 0.114. The van der Waals surface area contributed by atoms with E-state index in [1.54, 1.807) is 21.3 Å². The standard InChI is InChI=1S/C12H28N2O3/c1-15-10-4-5-13-6-7-14(8-11-16-2)9-12-17-3/h13H,4-12H2,1-3H3. The second-order valence-electron chi connectivity index (χ2n) is 3.92. The van der Waals surface area contributed by atoms with Crippen molar-refractivity contribution in [2.45, 2.75) is 6.42 Å². The van der Waals surface area contributed by atoms with E-state index in [0.29, 0.717) is 0 Å². The van der Waals surface area contributed by atoms with Gasteiger partial charge in [-0.3, -0.25) is 4.90 Å². The molecule has 0 aliphatic carbocycles.